The van der Waals surface area contributed by atoms with Gasteiger partial charge in [-0.2, -0.15) is 0 Å². The van der Waals surface area contributed by atoms with Crippen LogP contribution in [0.25, 0.3) is 0 Å². The lowest BCUT2D eigenvalue weighted by Crippen LogP contribution is -2.35. The number of carbonyl (C=O) groups is 2. The van der Waals surface area contributed by atoms with E-state index < -0.39 is 0 Å². The molecule has 3 fully saturated rings. The van der Waals surface area contributed by atoms with Gasteiger partial charge in [-0.05, 0) is 61.6 Å². The van der Waals surface area contributed by atoms with Gasteiger partial charge in [0.25, 0.3) is 0 Å². The maximum Gasteiger partial charge on any atom is 0.310 e. The minimum atomic E-state index is -0.260. The van der Waals surface area contributed by atoms with E-state index in [-0.39, 0.29) is 41.7 Å². The number of fused-ring (bicyclic) bond motifs is 1. The monoisotopic (exact) mass is 363 g/mol. The molecule has 2 aromatic rings. The molecule has 2 bridgehead atoms. The topological polar surface area (TPSA) is 64.6 Å². The van der Waals surface area contributed by atoms with Crippen LogP contribution in [0, 0.1) is 30.6 Å². The Labute approximate surface area is 157 Å². The Morgan fingerprint density at radius 2 is 1.89 bits per heavy atom. The number of anilines is 1. The molecule has 1 heterocycles. The van der Waals surface area contributed by atoms with Gasteiger partial charge in [0, 0.05) is 11.6 Å². The molecule has 2 aromatic carbocycles. The first-order valence-corrected chi connectivity index (χ1v) is 9.45. The van der Waals surface area contributed by atoms with E-state index in [2.05, 4.69) is 5.32 Å². The molecule has 138 valence electrons. The summed E-state index contributed by atoms with van der Waals surface area (Å²) in [5.74, 6) is 1.25. The Hall–Kier alpha value is -2.82. The highest BCUT2D eigenvalue weighted by atomic mass is 16.6. The summed E-state index contributed by atoms with van der Waals surface area (Å²) < 4.78 is 11.3. The molecule has 0 aromatic heterocycles. The second-order valence-electron chi connectivity index (χ2n) is 7.80. The predicted molar refractivity (Wildman–Crippen MR) is 99.4 cm³/mol. The molecule has 5 atom stereocenters. The van der Waals surface area contributed by atoms with Gasteiger partial charge in [-0.15, -0.1) is 0 Å². The number of benzene rings is 2. The van der Waals surface area contributed by atoms with Crippen molar-refractivity contribution in [3.05, 3.63) is 54.1 Å². The Balaban J connectivity index is 1.27. The van der Waals surface area contributed by atoms with Crippen molar-refractivity contribution in [2.24, 2.45) is 23.7 Å². The number of ether oxygens (including phenoxy) is 2. The van der Waals surface area contributed by atoms with Gasteiger partial charge in [-0.25, -0.2) is 0 Å². The summed E-state index contributed by atoms with van der Waals surface area (Å²) in [6, 6.07) is 15.2. The van der Waals surface area contributed by atoms with Crippen LogP contribution in [-0.4, -0.2) is 18.0 Å². The van der Waals surface area contributed by atoms with Crippen LogP contribution in [-0.2, 0) is 14.3 Å². The van der Waals surface area contributed by atoms with Gasteiger partial charge < -0.3 is 14.8 Å². The lowest BCUT2D eigenvalue weighted by atomic mass is 9.79. The van der Waals surface area contributed by atoms with Crippen molar-refractivity contribution >= 4 is 17.6 Å². The van der Waals surface area contributed by atoms with E-state index in [1.54, 1.807) is 0 Å². The molecule has 1 saturated heterocycles. The van der Waals surface area contributed by atoms with Crippen LogP contribution in [0.1, 0.15) is 18.4 Å². The maximum absolute atomic E-state index is 12.8. The van der Waals surface area contributed by atoms with Crippen molar-refractivity contribution in [2.45, 2.75) is 25.9 Å². The molecule has 27 heavy (non-hydrogen) atoms. The van der Waals surface area contributed by atoms with Crippen molar-refractivity contribution in [3.63, 3.8) is 0 Å². The van der Waals surface area contributed by atoms with Crippen LogP contribution in [0.3, 0.4) is 0 Å². The maximum atomic E-state index is 12.8. The molecule has 3 aliphatic rings. The molecule has 5 nitrogen and oxygen atoms in total. The molecular formula is C22H21NO4. The van der Waals surface area contributed by atoms with Crippen LogP contribution >= 0.6 is 0 Å². The summed E-state index contributed by atoms with van der Waals surface area (Å²) >= 11 is 0. The fourth-order valence-corrected chi connectivity index (χ4v) is 4.99. The highest BCUT2D eigenvalue weighted by Gasteiger charge is 2.63. The molecule has 5 heteroatoms. The minimum Gasteiger partial charge on any atom is -0.462 e. The molecule has 1 amide bonds. The number of aryl methyl sites for hydroxylation is 1. The molecule has 5 rings (SSSR count). The molecular weight excluding hydrogens is 342 g/mol. The zero-order valence-corrected chi connectivity index (χ0v) is 15.1. The lowest BCUT2D eigenvalue weighted by Gasteiger charge is -2.23. The number of amides is 1. The standard InChI is InChI=1S/C22H21NO4/c1-12-4-2-3-5-17(12)26-15-8-6-14(7-9-15)23-21(24)19-13-10-16-18(11-13)27-22(25)20(16)19/h2-9,13,16,18-20H,10-11H2,1H3,(H,23,24)/t13-,16-,18+,19-,20-/m0/s1. The van der Waals surface area contributed by atoms with E-state index in [0.717, 1.165) is 24.2 Å². The van der Waals surface area contributed by atoms with Crippen LogP contribution in [0.5, 0.6) is 11.5 Å². The van der Waals surface area contributed by atoms with Gasteiger partial charge >= 0.3 is 5.97 Å². The van der Waals surface area contributed by atoms with Gasteiger partial charge in [0.2, 0.25) is 5.91 Å². The number of hydrogen-bond acceptors (Lipinski definition) is 4. The van der Waals surface area contributed by atoms with Gasteiger partial charge in [0.05, 0.1) is 11.8 Å². The van der Waals surface area contributed by atoms with Gasteiger partial charge in [-0.1, -0.05) is 18.2 Å². The van der Waals surface area contributed by atoms with Gasteiger partial charge in [-0.3, -0.25) is 9.59 Å². The molecule has 0 radical (unpaired) electrons. The van der Waals surface area contributed by atoms with Gasteiger partial charge in [0.15, 0.2) is 0 Å². The second kappa shape index (κ2) is 6.12. The van der Waals surface area contributed by atoms with Crippen LogP contribution in [0.15, 0.2) is 48.5 Å². The highest BCUT2D eigenvalue weighted by molar-refractivity contribution is 5.97. The zero-order chi connectivity index (χ0) is 18.5. The van der Waals surface area contributed by atoms with E-state index >= 15 is 0 Å². The minimum absolute atomic E-state index is 0.0504. The van der Waals surface area contributed by atoms with Gasteiger partial charge in [0.1, 0.15) is 17.6 Å². The molecule has 2 saturated carbocycles. The quantitative estimate of drug-likeness (QED) is 0.836. The van der Waals surface area contributed by atoms with Crippen molar-refractivity contribution in [1.29, 1.82) is 0 Å². The first-order valence-electron chi connectivity index (χ1n) is 9.45. The first kappa shape index (κ1) is 16.4. The molecule has 0 unspecified atom stereocenters. The van der Waals surface area contributed by atoms with Crippen molar-refractivity contribution in [3.8, 4) is 11.5 Å². The average Bonchev–Trinajstić information content (AvgIpc) is 3.27. The number of rotatable bonds is 4. The molecule has 1 aliphatic heterocycles. The average molecular weight is 363 g/mol. The number of para-hydroxylation sites is 1. The number of nitrogens with one attached hydrogen (secondary N) is 1. The first-order chi connectivity index (χ1) is 13.1. The van der Waals surface area contributed by atoms with Crippen LogP contribution < -0.4 is 10.1 Å². The summed E-state index contributed by atoms with van der Waals surface area (Å²) in [6.07, 6.45) is 1.81. The lowest BCUT2D eigenvalue weighted by molar-refractivity contribution is -0.145. The normalized spacial score (nSPS) is 30.3. The summed E-state index contributed by atoms with van der Waals surface area (Å²) in [5, 5.41) is 2.97. The molecule has 1 N–H and O–H groups in total. The third-order valence-electron chi connectivity index (χ3n) is 6.23. The van der Waals surface area contributed by atoms with Crippen molar-refractivity contribution < 1.29 is 19.1 Å². The second-order valence-corrected chi connectivity index (χ2v) is 7.80. The SMILES string of the molecule is Cc1ccccc1Oc1ccc(NC(=O)[C@H]2[C@H]3C[C@@H]4[C@@H]2C(=O)O[C@@H]4C3)cc1. The number of esters is 1. The van der Waals surface area contributed by atoms with E-state index in [4.69, 9.17) is 9.47 Å². The molecule has 2 aliphatic carbocycles. The van der Waals surface area contributed by atoms with E-state index in [9.17, 15) is 9.59 Å². The summed E-state index contributed by atoms with van der Waals surface area (Å²) in [5.41, 5.74) is 1.77. The third-order valence-corrected chi connectivity index (χ3v) is 6.23. The predicted octanol–water partition coefficient (Wildman–Crippen LogP) is 3.92. The zero-order valence-electron chi connectivity index (χ0n) is 15.1. The van der Waals surface area contributed by atoms with Crippen molar-refractivity contribution in [1.82, 2.24) is 0 Å². The van der Waals surface area contributed by atoms with Crippen LogP contribution in [0.4, 0.5) is 5.69 Å². The number of carbonyl (C=O) groups excluding carboxylic acids is 2. The summed E-state index contributed by atoms with van der Waals surface area (Å²) in [6.45, 7) is 2.00. The van der Waals surface area contributed by atoms with E-state index in [1.165, 1.54) is 0 Å². The largest absolute Gasteiger partial charge is 0.462 e. The molecule has 0 spiro atoms. The Morgan fingerprint density at radius 3 is 2.67 bits per heavy atom. The highest BCUT2D eigenvalue weighted by Crippen LogP contribution is 2.57. The summed E-state index contributed by atoms with van der Waals surface area (Å²) in [4.78, 5) is 24.9. The smallest absolute Gasteiger partial charge is 0.310 e. The van der Waals surface area contributed by atoms with E-state index in [0.29, 0.717) is 11.4 Å². The Morgan fingerprint density at radius 1 is 1.11 bits per heavy atom. The fourth-order valence-electron chi connectivity index (χ4n) is 4.99. The Bertz CT molecular complexity index is 905. The van der Waals surface area contributed by atoms with Crippen LogP contribution in [0.2, 0.25) is 0 Å². The fraction of sp³-hybridized carbons (Fsp3) is 0.364. The summed E-state index contributed by atoms with van der Waals surface area (Å²) in [7, 11) is 0. The number of hydrogen-bond donors (Lipinski definition) is 1. The third kappa shape index (κ3) is 2.69. The van der Waals surface area contributed by atoms with E-state index in [1.807, 2.05) is 55.5 Å². The van der Waals surface area contributed by atoms with Crippen molar-refractivity contribution in [2.75, 3.05) is 5.32 Å². The Kier molecular flexibility index (Phi) is 3.71.